The van der Waals surface area contributed by atoms with E-state index in [2.05, 4.69) is 20.8 Å². The number of esters is 1. The van der Waals surface area contributed by atoms with Crippen molar-refractivity contribution in [3.63, 3.8) is 0 Å². The van der Waals surface area contributed by atoms with Gasteiger partial charge in [-0.2, -0.15) is 0 Å². The van der Waals surface area contributed by atoms with Gasteiger partial charge in [0, 0.05) is 12.8 Å². The fourth-order valence-electron chi connectivity index (χ4n) is 5.68. The van der Waals surface area contributed by atoms with Gasteiger partial charge in [0.1, 0.15) is 5.60 Å². The summed E-state index contributed by atoms with van der Waals surface area (Å²) in [7, 11) is 0. The van der Waals surface area contributed by atoms with Crippen molar-refractivity contribution in [3.8, 4) is 0 Å². The fraction of sp³-hybridized carbons (Fsp3) is 0.889. The van der Waals surface area contributed by atoms with E-state index in [0.29, 0.717) is 5.92 Å². The summed E-state index contributed by atoms with van der Waals surface area (Å²) in [5.41, 5.74) is -0.521. The quantitative estimate of drug-likeness (QED) is 0.799. The van der Waals surface area contributed by atoms with Crippen LogP contribution < -0.4 is 0 Å². The number of carbonyl (C=O) groups is 2. The molecule has 4 atom stereocenters. The van der Waals surface area contributed by atoms with Crippen LogP contribution in [-0.4, -0.2) is 22.6 Å². The number of aliphatic carboxylic acids is 1. The van der Waals surface area contributed by atoms with Crippen LogP contribution in [0.1, 0.15) is 73.1 Å². The molecule has 0 aromatic heterocycles. The summed E-state index contributed by atoms with van der Waals surface area (Å²) in [6, 6.07) is 0. The van der Waals surface area contributed by atoms with Gasteiger partial charge in [-0.15, -0.1) is 0 Å². The van der Waals surface area contributed by atoms with Crippen molar-refractivity contribution < 1.29 is 19.4 Å². The Morgan fingerprint density at radius 3 is 2.32 bits per heavy atom. The molecule has 2 rings (SSSR count). The topological polar surface area (TPSA) is 63.6 Å². The number of carboxylic acid groups (broad SMARTS) is 1. The van der Waals surface area contributed by atoms with Crippen LogP contribution in [0.2, 0.25) is 0 Å². The van der Waals surface area contributed by atoms with Crippen LogP contribution in [0, 0.1) is 22.7 Å². The lowest BCUT2D eigenvalue weighted by Crippen LogP contribution is -2.59. The Hall–Kier alpha value is -1.06. The smallest absolute Gasteiger partial charge is 0.303 e. The zero-order chi connectivity index (χ0) is 16.8. The molecule has 2 aliphatic carbocycles. The van der Waals surface area contributed by atoms with E-state index < -0.39 is 11.6 Å². The molecule has 2 fully saturated rings. The van der Waals surface area contributed by atoms with Crippen molar-refractivity contribution >= 4 is 11.9 Å². The number of fused-ring (bicyclic) bond motifs is 1. The van der Waals surface area contributed by atoms with E-state index in [1.54, 1.807) is 0 Å². The van der Waals surface area contributed by atoms with Gasteiger partial charge in [0.2, 0.25) is 0 Å². The second kappa shape index (κ2) is 5.54. The highest BCUT2D eigenvalue weighted by Gasteiger charge is 2.60. The molecule has 2 saturated carbocycles. The fourth-order valence-corrected chi connectivity index (χ4v) is 5.68. The number of ether oxygens (including phenoxy) is 1. The summed E-state index contributed by atoms with van der Waals surface area (Å²) < 4.78 is 5.67. The van der Waals surface area contributed by atoms with Gasteiger partial charge in [-0.25, -0.2) is 0 Å². The standard InChI is InChI=1S/C18H30O4/c1-12(19)22-18(5)10-7-13-16(2,3)8-6-9-17(13,4)14(18)11-15(20)21/h13-14H,6-11H2,1-5H3,(H,20,21)/t13?,14-,17+,18-/m1/s1. The molecule has 4 heteroatoms. The molecular formula is C18H30O4. The molecule has 126 valence electrons. The Bertz CT molecular complexity index is 470. The molecule has 0 saturated heterocycles. The van der Waals surface area contributed by atoms with Crippen molar-refractivity contribution in [2.75, 3.05) is 0 Å². The molecule has 4 nitrogen and oxygen atoms in total. The number of carbonyl (C=O) groups excluding carboxylic acids is 1. The van der Waals surface area contributed by atoms with Gasteiger partial charge >= 0.3 is 11.9 Å². The molecule has 0 aliphatic heterocycles. The van der Waals surface area contributed by atoms with Crippen molar-refractivity contribution in [1.29, 1.82) is 0 Å². The van der Waals surface area contributed by atoms with Crippen LogP contribution in [-0.2, 0) is 14.3 Å². The largest absolute Gasteiger partial charge is 0.481 e. The third-order valence-corrected chi connectivity index (χ3v) is 6.49. The van der Waals surface area contributed by atoms with Crippen LogP contribution in [0.25, 0.3) is 0 Å². The number of carboxylic acids is 1. The monoisotopic (exact) mass is 310 g/mol. The lowest BCUT2D eigenvalue weighted by Gasteiger charge is -2.61. The first-order chi connectivity index (χ1) is 10.0. The van der Waals surface area contributed by atoms with Crippen molar-refractivity contribution in [3.05, 3.63) is 0 Å². The second-order valence-corrected chi connectivity index (χ2v) is 8.50. The molecule has 2 aliphatic rings. The molecule has 22 heavy (non-hydrogen) atoms. The number of rotatable bonds is 3. The normalized spacial score (nSPS) is 40.6. The molecule has 0 bridgehead atoms. The van der Waals surface area contributed by atoms with E-state index in [0.717, 1.165) is 25.7 Å². The highest BCUT2D eigenvalue weighted by atomic mass is 16.6. The van der Waals surface area contributed by atoms with Crippen LogP contribution in [0.3, 0.4) is 0 Å². The first-order valence-corrected chi connectivity index (χ1v) is 8.43. The van der Waals surface area contributed by atoms with E-state index in [1.165, 1.54) is 13.3 Å². The first-order valence-electron chi connectivity index (χ1n) is 8.43. The second-order valence-electron chi connectivity index (χ2n) is 8.50. The minimum atomic E-state index is -0.798. The van der Waals surface area contributed by atoms with E-state index in [-0.39, 0.29) is 29.1 Å². The van der Waals surface area contributed by atoms with E-state index in [9.17, 15) is 14.7 Å². The highest BCUT2D eigenvalue weighted by Crippen LogP contribution is 2.63. The van der Waals surface area contributed by atoms with Crippen LogP contribution in [0.15, 0.2) is 0 Å². The third kappa shape index (κ3) is 2.89. The van der Waals surface area contributed by atoms with Crippen molar-refractivity contribution in [2.45, 2.75) is 78.7 Å². The maximum Gasteiger partial charge on any atom is 0.303 e. The molecule has 0 spiro atoms. The Morgan fingerprint density at radius 2 is 1.77 bits per heavy atom. The third-order valence-electron chi connectivity index (χ3n) is 6.49. The van der Waals surface area contributed by atoms with Crippen molar-refractivity contribution in [2.24, 2.45) is 22.7 Å². The summed E-state index contributed by atoms with van der Waals surface area (Å²) in [6.07, 6.45) is 5.17. The van der Waals surface area contributed by atoms with Gasteiger partial charge < -0.3 is 9.84 Å². The summed E-state index contributed by atoms with van der Waals surface area (Å²) in [5.74, 6) is -0.745. The van der Waals surface area contributed by atoms with Gasteiger partial charge in [0.05, 0.1) is 6.42 Å². The zero-order valence-corrected chi connectivity index (χ0v) is 14.6. The number of hydrogen-bond acceptors (Lipinski definition) is 3. The van der Waals surface area contributed by atoms with E-state index >= 15 is 0 Å². The summed E-state index contributed by atoms with van der Waals surface area (Å²) in [5, 5.41) is 9.43. The molecular weight excluding hydrogens is 280 g/mol. The predicted octanol–water partition coefficient (Wildman–Crippen LogP) is 4.03. The van der Waals surface area contributed by atoms with Crippen molar-refractivity contribution in [1.82, 2.24) is 0 Å². The molecule has 1 unspecified atom stereocenters. The maximum absolute atomic E-state index is 11.6. The maximum atomic E-state index is 11.6. The summed E-state index contributed by atoms with van der Waals surface area (Å²) in [6.45, 7) is 10.2. The summed E-state index contributed by atoms with van der Waals surface area (Å²) in [4.78, 5) is 23.0. The SMILES string of the molecule is CC(=O)O[C@]1(C)CCC2C(C)(C)CCC[C@]2(C)[C@H]1CC(=O)O. The lowest BCUT2D eigenvalue weighted by molar-refractivity contribution is -0.202. The minimum Gasteiger partial charge on any atom is -0.481 e. The zero-order valence-electron chi connectivity index (χ0n) is 14.6. The van der Waals surface area contributed by atoms with Crippen LogP contribution in [0.4, 0.5) is 0 Å². The Balaban J connectivity index is 2.43. The van der Waals surface area contributed by atoms with Gasteiger partial charge in [-0.3, -0.25) is 9.59 Å². The molecule has 0 heterocycles. The molecule has 1 N–H and O–H groups in total. The molecule has 0 amide bonds. The first kappa shape index (κ1) is 17.3. The lowest BCUT2D eigenvalue weighted by atomic mass is 9.45. The van der Waals surface area contributed by atoms with Crippen LogP contribution in [0.5, 0.6) is 0 Å². The Morgan fingerprint density at radius 1 is 1.14 bits per heavy atom. The predicted molar refractivity (Wildman–Crippen MR) is 84.4 cm³/mol. The van der Waals surface area contributed by atoms with Gasteiger partial charge in [-0.1, -0.05) is 27.2 Å². The molecule has 0 aromatic rings. The summed E-state index contributed by atoms with van der Waals surface area (Å²) >= 11 is 0. The number of hydrogen-bond donors (Lipinski definition) is 1. The highest BCUT2D eigenvalue weighted by molar-refractivity contribution is 5.68. The average Bonchev–Trinajstić information content (AvgIpc) is 2.31. The Kier molecular flexibility index (Phi) is 4.35. The molecule has 0 radical (unpaired) electrons. The van der Waals surface area contributed by atoms with Gasteiger partial charge in [-0.05, 0) is 49.4 Å². The Labute approximate surface area is 133 Å². The minimum absolute atomic E-state index is 0.0762. The van der Waals surface area contributed by atoms with Gasteiger partial charge in [0.15, 0.2) is 0 Å². The average molecular weight is 310 g/mol. The van der Waals surface area contributed by atoms with Crippen LogP contribution >= 0.6 is 0 Å². The van der Waals surface area contributed by atoms with E-state index in [1.807, 2.05) is 6.92 Å². The van der Waals surface area contributed by atoms with E-state index in [4.69, 9.17) is 4.74 Å². The molecule has 0 aromatic carbocycles. The van der Waals surface area contributed by atoms with Gasteiger partial charge in [0.25, 0.3) is 0 Å².